The van der Waals surface area contributed by atoms with Crippen LogP contribution >= 0.6 is 14.3 Å². The zero-order valence-corrected chi connectivity index (χ0v) is 19.8. The minimum absolute atomic E-state index is 0.0651. The maximum absolute atomic E-state index is 13.8. The van der Waals surface area contributed by atoms with Gasteiger partial charge in [-0.2, -0.15) is 0 Å². The van der Waals surface area contributed by atoms with E-state index in [4.69, 9.17) is 9.47 Å². The number of rotatable bonds is 16. The van der Waals surface area contributed by atoms with Crippen molar-refractivity contribution in [1.29, 1.82) is 0 Å². The van der Waals surface area contributed by atoms with Gasteiger partial charge in [-0.15, -0.1) is 0 Å². The summed E-state index contributed by atoms with van der Waals surface area (Å²) < 4.78 is 37.7. The summed E-state index contributed by atoms with van der Waals surface area (Å²) in [5, 5.41) is -0.608. The van der Waals surface area contributed by atoms with Gasteiger partial charge in [0.1, 0.15) is 13.2 Å². The molecule has 0 aliphatic rings. The van der Waals surface area contributed by atoms with Crippen LogP contribution in [0.4, 0.5) is 0 Å². The van der Waals surface area contributed by atoms with Crippen LogP contribution in [0.15, 0.2) is 12.7 Å². The predicted octanol–water partition coefficient (Wildman–Crippen LogP) is 5.34. The summed E-state index contributed by atoms with van der Waals surface area (Å²) in [6.07, 6.45) is 5.91. The first kappa shape index (κ1) is 27.1. The molecule has 0 bridgehead atoms. The minimum Gasteiger partial charge on any atom is -0.462 e. The Bertz CT molecular complexity index is 537. The molecule has 0 N–H and O–H groups in total. The van der Waals surface area contributed by atoms with Crippen LogP contribution in [-0.2, 0) is 28.2 Å². The highest BCUT2D eigenvalue weighted by Crippen LogP contribution is 2.70. The van der Waals surface area contributed by atoms with Crippen molar-refractivity contribution in [3.8, 4) is 0 Å². The number of hydrogen-bond donors (Lipinski definition) is 0. The van der Waals surface area contributed by atoms with Crippen LogP contribution in [0.1, 0.15) is 59.8 Å². The van der Waals surface area contributed by atoms with Crippen LogP contribution in [-0.4, -0.2) is 55.2 Å². The van der Waals surface area contributed by atoms with E-state index in [2.05, 4.69) is 6.58 Å². The first-order valence-corrected chi connectivity index (χ1v) is 14.6. The van der Waals surface area contributed by atoms with Crippen LogP contribution < -0.4 is 0 Å². The fraction of sp³-hybridized carbons (Fsp3) is 0.800. The van der Waals surface area contributed by atoms with Gasteiger partial charge in [0, 0.05) is 30.7 Å². The standard InChI is InChI=1S/C20H38O6P2/c1-6-13-27(23,14-7-2)20(28(24,15-8-3)16-9-4)17-19(22)26-12-11-25-18(21)10-5/h10,20H,5-9,11-17H2,1-4H3. The third kappa shape index (κ3) is 9.09. The van der Waals surface area contributed by atoms with E-state index in [0.29, 0.717) is 24.6 Å². The van der Waals surface area contributed by atoms with Crippen molar-refractivity contribution in [2.75, 3.05) is 37.9 Å². The van der Waals surface area contributed by atoms with Crippen LogP contribution in [0.3, 0.4) is 0 Å². The molecular weight excluding hydrogens is 398 g/mol. The molecule has 0 unspecified atom stereocenters. The second kappa shape index (κ2) is 14.2. The molecule has 0 spiro atoms. The lowest BCUT2D eigenvalue weighted by Crippen LogP contribution is -2.23. The van der Waals surface area contributed by atoms with Gasteiger partial charge in [0.25, 0.3) is 0 Å². The van der Waals surface area contributed by atoms with E-state index >= 15 is 0 Å². The highest BCUT2D eigenvalue weighted by atomic mass is 31.2. The molecule has 8 heteroatoms. The topological polar surface area (TPSA) is 86.7 Å². The highest BCUT2D eigenvalue weighted by molar-refractivity contribution is 7.81. The summed E-state index contributed by atoms with van der Waals surface area (Å²) >= 11 is 0. The second-order valence-electron chi connectivity index (χ2n) is 7.08. The number of ether oxygens (including phenoxy) is 2. The lowest BCUT2D eigenvalue weighted by molar-refractivity contribution is -0.149. The summed E-state index contributed by atoms with van der Waals surface area (Å²) in [4.78, 5) is 23.5. The van der Waals surface area contributed by atoms with E-state index in [9.17, 15) is 18.7 Å². The molecule has 0 aliphatic heterocycles. The van der Waals surface area contributed by atoms with Crippen LogP contribution in [0.5, 0.6) is 0 Å². The Kier molecular flexibility index (Phi) is 13.7. The van der Waals surface area contributed by atoms with E-state index in [1.807, 2.05) is 27.7 Å². The lowest BCUT2D eigenvalue weighted by Gasteiger charge is -2.34. The van der Waals surface area contributed by atoms with Gasteiger partial charge in [-0.1, -0.05) is 34.3 Å². The van der Waals surface area contributed by atoms with Crippen molar-refractivity contribution < 1.29 is 28.2 Å². The average molecular weight is 436 g/mol. The summed E-state index contributed by atoms with van der Waals surface area (Å²) in [5.41, 5.74) is 0. The molecule has 0 radical (unpaired) electrons. The molecular formula is C20H38O6P2. The number of carbonyl (C=O) groups is 2. The maximum Gasteiger partial charge on any atom is 0.330 e. The highest BCUT2D eigenvalue weighted by Gasteiger charge is 2.44. The van der Waals surface area contributed by atoms with Gasteiger partial charge < -0.3 is 18.6 Å². The second-order valence-corrected chi connectivity index (χ2v) is 14.3. The summed E-state index contributed by atoms with van der Waals surface area (Å²) in [6.45, 7) is 11.0. The fourth-order valence-electron chi connectivity index (χ4n) is 3.61. The Labute approximate surface area is 170 Å². The Morgan fingerprint density at radius 1 is 0.821 bits per heavy atom. The summed E-state index contributed by atoms with van der Waals surface area (Å²) in [6, 6.07) is 0. The zero-order chi connectivity index (χ0) is 21.6. The maximum atomic E-state index is 13.8. The molecule has 0 aromatic heterocycles. The SMILES string of the molecule is C=CC(=O)OCCOC(=O)CC(P(=O)(CCC)CCC)P(=O)(CCC)CCC. The van der Waals surface area contributed by atoms with Gasteiger partial charge in [0.2, 0.25) is 0 Å². The molecule has 164 valence electrons. The largest absolute Gasteiger partial charge is 0.462 e. The third-order valence-corrected chi connectivity index (χ3v) is 14.5. The Morgan fingerprint density at radius 2 is 1.21 bits per heavy atom. The average Bonchev–Trinajstić information content (AvgIpc) is 2.63. The zero-order valence-electron chi connectivity index (χ0n) is 18.0. The lowest BCUT2D eigenvalue weighted by atomic mass is 10.5. The molecule has 0 amide bonds. The van der Waals surface area contributed by atoms with Crippen molar-refractivity contribution in [2.45, 2.75) is 65.2 Å². The fourth-order valence-corrected chi connectivity index (χ4v) is 13.7. The van der Waals surface area contributed by atoms with Crippen molar-refractivity contribution in [3.63, 3.8) is 0 Å². The molecule has 28 heavy (non-hydrogen) atoms. The smallest absolute Gasteiger partial charge is 0.330 e. The molecule has 0 aliphatic carbocycles. The van der Waals surface area contributed by atoms with E-state index in [-0.39, 0.29) is 19.6 Å². The molecule has 0 rings (SSSR count). The number of esters is 2. The normalized spacial score (nSPS) is 12.0. The Morgan fingerprint density at radius 3 is 1.57 bits per heavy atom. The summed E-state index contributed by atoms with van der Waals surface area (Å²) in [7, 11) is -5.57. The monoisotopic (exact) mass is 436 g/mol. The molecule has 0 heterocycles. The van der Waals surface area contributed by atoms with Crippen LogP contribution in [0.25, 0.3) is 0 Å². The summed E-state index contributed by atoms with van der Waals surface area (Å²) in [5.74, 6) is -1.11. The molecule has 6 nitrogen and oxygen atoms in total. The first-order valence-electron chi connectivity index (χ1n) is 10.3. The first-order chi connectivity index (χ1) is 13.2. The van der Waals surface area contributed by atoms with E-state index in [1.165, 1.54) is 0 Å². The van der Waals surface area contributed by atoms with Gasteiger partial charge in [-0.3, -0.25) is 4.79 Å². The quantitative estimate of drug-likeness (QED) is 0.140. The van der Waals surface area contributed by atoms with Crippen LogP contribution in [0.2, 0.25) is 0 Å². The Balaban J connectivity index is 5.45. The van der Waals surface area contributed by atoms with Crippen molar-refractivity contribution in [1.82, 2.24) is 0 Å². The molecule has 0 aromatic carbocycles. The van der Waals surface area contributed by atoms with Gasteiger partial charge in [-0.05, 0) is 25.7 Å². The van der Waals surface area contributed by atoms with Gasteiger partial charge in [0.05, 0.1) is 26.1 Å². The van der Waals surface area contributed by atoms with Crippen molar-refractivity contribution >= 4 is 26.2 Å². The van der Waals surface area contributed by atoms with E-state index in [0.717, 1.165) is 31.8 Å². The van der Waals surface area contributed by atoms with Crippen molar-refractivity contribution in [3.05, 3.63) is 12.7 Å². The van der Waals surface area contributed by atoms with Gasteiger partial charge in [-0.25, -0.2) is 4.79 Å². The van der Waals surface area contributed by atoms with Crippen LogP contribution in [0, 0.1) is 0 Å². The van der Waals surface area contributed by atoms with Gasteiger partial charge in [0.15, 0.2) is 0 Å². The molecule has 0 saturated carbocycles. The molecule has 0 aromatic rings. The molecule has 0 saturated heterocycles. The third-order valence-electron chi connectivity index (χ3n) is 4.60. The molecule has 0 atom stereocenters. The number of hydrogen-bond acceptors (Lipinski definition) is 6. The van der Waals surface area contributed by atoms with E-state index in [1.54, 1.807) is 0 Å². The molecule has 0 fully saturated rings. The van der Waals surface area contributed by atoms with Crippen molar-refractivity contribution in [2.24, 2.45) is 0 Å². The predicted molar refractivity (Wildman–Crippen MR) is 116 cm³/mol. The van der Waals surface area contributed by atoms with Gasteiger partial charge >= 0.3 is 11.9 Å². The van der Waals surface area contributed by atoms with E-state index < -0.39 is 31.6 Å². The Hall–Kier alpha value is -0.860. The number of carbonyl (C=O) groups excluding carboxylic acids is 2. The minimum atomic E-state index is -2.79.